The van der Waals surface area contributed by atoms with E-state index in [4.69, 9.17) is 4.42 Å². The highest BCUT2D eigenvalue weighted by Crippen LogP contribution is 2.29. The molecule has 94 valence electrons. The van der Waals surface area contributed by atoms with Gasteiger partial charge < -0.3 is 4.42 Å². The molecule has 1 saturated carbocycles. The minimum atomic E-state index is 0.430. The summed E-state index contributed by atoms with van der Waals surface area (Å²) in [6, 6.07) is 4.39. The van der Waals surface area contributed by atoms with Crippen LogP contribution < -0.4 is 0 Å². The lowest BCUT2D eigenvalue weighted by molar-refractivity contribution is 0.109. The molecule has 0 aliphatic heterocycles. The summed E-state index contributed by atoms with van der Waals surface area (Å²) in [6.45, 7) is 6.47. The Kier molecular flexibility index (Phi) is 4.00. The molecule has 17 heavy (non-hydrogen) atoms. The third kappa shape index (κ3) is 3.70. The molecule has 0 N–H and O–H groups in total. The molecule has 3 heteroatoms. The van der Waals surface area contributed by atoms with Crippen molar-refractivity contribution in [2.45, 2.75) is 45.7 Å². The molecule has 1 heterocycles. The second-order valence-corrected chi connectivity index (χ2v) is 5.31. The monoisotopic (exact) mass is 235 g/mol. The summed E-state index contributed by atoms with van der Waals surface area (Å²) in [7, 11) is 0. The quantitative estimate of drug-likeness (QED) is 0.681. The first kappa shape index (κ1) is 12.4. The maximum atomic E-state index is 10.6. The van der Waals surface area contributed by atoms with E-state index in [2.05, 4.69) is 18.7 Å². The molecule has 0 radical (unpaired) electrons. The Balaban J connectivity index is 1.90. The third-order valence-electron chi connectivity index (χ3n) is 3.21. The Labute approximate surface area is 103 Å². The molecule has 1 aliphatic carbocycles. The summed E-state index contributed by atoms with van der Waals surface area (Å²) in [5.41, 5.74) is 0. The summed E-state index contributed by atoms with van der Waals surface area (Å²) in [4.78, 5) is 13.0. The van der Waals surface area contributed by atoms with E-state index in [0.29, 0.717) is 5.76 Å². The molecule has 0 aromatic carbocycles. The molecule has 0 saturated heterocycles. The third-order valence-corrected chi connectivity index (χ3v) is 3.21. The van der Waals surface area contributed by atoms with Crippen molar-refractivity contribution < 1.29 is 9.21 Å². The van der Waals surface area contributed by atoms with Crippen molar-refractivity contribution in [3.8, 4) is 0 Å². The summed E-state index contributed by atoms with van der Waals surface area (Å²) in [5.74, 6) is 2.07. The second kappa shape index (κ2) is 5.50. The van der Waals surface area contributed by atoms with Crippen LogP contribution in [0.4, 0.5) is 0 Å². The molecular formula is C14H21NO2. The molecule has 1 fully saturated rings. The molecule has 0 bridgehead atoms. The first-order valence-corrected chi connectivity index (χ1v) is 6.47. The molecule has 1 aromatic heterocycles. The van der Waals surface area contributed by atoms with Gasteiger partial charge in [0, 0.05) is 6.04 Å². The van der Waals surface area contributed by atoms with E-state index in [-0.39, 0.29) is 0 Å². The minimum absolute atomic E-state index is 0.430. The highest BCUT2D eigenvalue weighted by atomic mass is 16.3. The van der Waals surface area contributed by atoms with Crippen molar-refractivity contribution in [1.82, 2.24) is 4.90 Å². The maximum Gasteiger partial charge on any atom is 0.185 e. The van der Waals surface area contributed by atoms with Gasteiger partial charge in [0.05, 0.1) is 6.54 Å². The summed E-state index contributed by atoms with van der Waals surface area (Å²) < 4.78 is 5.44. The van der Waals surface area contributed by atoms with Crippen LogP contribution in [0.15, 0.2) is 16.5 Å². The lowest BCUT2D eigenvalue weighted by atomic mass is 10.1. The predicted octanol–water partition coefficient (Wildman–Crippen LogP) is 3.10. The number of hydrogen-bond acceptors (Lipinski definition) is 3. The van der Waals surface area contributed by atoms with E-state index in [1.165, 1.54) is 19.3 Å². The first-order valence-electron chi connectivity index (χ1n) is 6.47. The van der Waals surface area contributed by atoms with Crippen LogP contribution in [0, 0.1) is 5.92 Å². The van der Waals surface area contributed by atoms with E-state index >= 15 is 0 Å². The van der Waals surface area contributed by atoms with Crippen LogP contribution in [0.3, 0.4) is 0 Å². The van der Waals surface area contributed by atoms with E-state index in [1.807, 2.05) is 6.07 Å². The predicted molar refractivity (Wildman–Crippen MR) is 67.0 cm³/mol. The Morgan fingerprint density at radius 3 is 2.76 bits per heavy atom. The summed E-state index contributed by atoms with van der Waals surface area (Å²) in [6.07, 6.45) is 4.59. The van der Waals surface area contributed by atoms with Crippen LogP contribution in [0.1, 0.15) is 49.4 Å². The number of aldehydes is 1. The normalized spacial score (nSPS) is 15.8. The SMILES string of the molecule is CC(C)CCN(Cc1ccc(C=O)o1)C1CC1. The van der Waals surface area contributed by atoms with Crippen LogP contribution >= 0.6 is 0 Å². The molecule has 3 nitrogen and oxygen atoms in total. The van der Waals surface area contributed by atoms with Gasteiger partial charge in [0.25, 0.3) is 0 Å². The van der Waals surface area contributed by atoms with Crippen molar-refractivity contribution >= 4 is 6.29 Å². The lowest BCUT2D eigenvalue weighted by Gasteiger charge is -2.21. The van der Waals surface area contributed by atoms with E-state index in [9.17, 15) is 4.79 Å². The maximum absolute atomic E-state index is 10.6. The Morgan fingerprint density at radius 2 is 2.24 bits per heavy atom. The van der Waals surface area contributed by atoms with Gasteiger partial charge in [0.1, 0.15) is 5.76 Å². The van der Waals surface area contributed by atoms with Gasteiger partial charge >= 0.3 is 0 Å². The van der Waals surface area contributed by atoms with Gasteiger partial charge in [-0.2, -0.15) is 0 Å². The van der Waals surface area contributed by atoms with Gasteiger partial charge in [-0.1, -0.05) is 13.8 Å². The van der Waals surface area contributed by atoms with Gasteiger partial charge in [-0.05, 0) is 43.9 Å². The van der Waals surface area contributed by atoms with Crippen molar-refractivity contribution in [3.05, 3.63) is 23.7 Å². The topological polar surface area (TPSA) is 33.5 Å². The Bertz CT molecular complexity index is 366. The van der Waals surface area contributed by atoms with Crippen LogP contribution in [0.5, 0.6) is 0 Å². The molecule has 0 unspecified atom stereocenters. The highest BCUT2D eigenvalue weighted by molar-refractivity contribution is 5.70. The van der Waals surface area contributed by atoms with Crippen molar-refractivity contribution in [2.24, 2.45) is 5.92 Å². The molecule has 0 atom stereocenters. The molecule has 1 aromatic rings. The van der Waals surface area contributed by atoms with E-state index in [0.717, 1.165) is 37.1 Å². The van der Waals surface area contributed by atoms with Gasteiger partial charge in [-0.15, -0.1) is 0 Å². The standard InChI is InChI=1S/C14H21NO2/c1-11(2)7-8-15(12-3-4-12)9-13-5-6-14(10-16)17-13/h5-6,10-12H,3-4,7-9H2,1-2H3. The number of carbonyl (C=O) groups is 1. The number of nitrogens with zero attached hydrogens (tertiary/aromatic N) is 1. The summed E-state index contributed by atoms with van der Waals surface area (Å²) in [5, 5.41) is 0. The van der Waals surface area contributed by atoms with Crippen molar-refractivity contribution in [1.29, 1.82) is 0 Å². The molecule has 2 rings (SSSR count). The fourth-order valence-electron chi connectivity index (χ4n) is 2.00. The van der Waals surface area contributed by atoms with Gasteiger partial charge in [-0.3, -0.25) is 9.69 Å². The highest BCUT2D eigenvalue weighted by Gasteiger charge is 2.29. The van der Waals surface area contributed by atoms with Crippen LogP contribution in [-0.2, 0) is 6.54 Å². The van der Waals surface area contributed by atoms with Crippen molar-refractivity contribution in [2.75, 3.05) is 6.54 Å². The molecule has 0 spiro atoms. The largest absolute Gasteiger partial charge is 0.457 e. The van der Waals surface area contributed by atoms with Crippen molar-refractivity contribution in [3.63, 3.8) is 0 Å². The zero-order valence-electron chi connectivity index (χ0n) is 10.7. The average molecular weight is 235 g/mol. The molecular weight excluding hydrogens is 214 g/mol. The van der Waals surface area contributed by atoms with E-state index < -0.39 is 0 Å². The number of hydrogen-bond donors (Lipinski definition) is 0. The zero-order chi connectivity index (χ0) is 12.3. The van der Waals surface area contributed by atoms with Gasteiger partial charge in [-0.25, -0.2) is 0 Å². The number of furan rings is 1. The molecule has 1 aliphatic rings. The second-order valence-electron chi connectivity index (χ2n) is 5.31. The van der Waals surface area contributed by atoms with E-state index in [1.54, 1.807) is 6.07 Å². The summed E-state index contributed by atoms with van der Waals surface area (Å²) >= 11 is 0. The smallest absolute Gasteiger partial charge is 0.185 e. The van der Waals surface area contributed by atoms with Crippen LogP contribution in [0.2, 0.25) is 0 Å². The minimum Gasteiger partial charge on any atom is -0.457 e. The lowest BCUT2D eigenvalue weighted by Crippen LogP contribution is -2.27. The zero-order valence-corrected chi connectivity index (χ0v) is 10.7. The number of rotatable bonds is 7. The first-order chi connectivity index (χ1) is 8.19. The van der Waals surface area contributed by atoms with Gasteiger partial charge in [0.15, 0.2) is 12.0 Å². The fraction of sp³-hybridized carbons (Fsp3) is 0.643. The van der Waals surface area contributed by atoms with Gasteiger partial charge in [0.2, 0.25) is 0 Å². The number of carbonyl (C=O) groups excluding carboxylic acids is 1. The molecule has 0 amide bonds. The van der Waals surface area contributed by atoms with Crippen LogP contribution in [-0.4, -0.2) is 23.8 Å². The van der Waals surface area contributed by atoms with Crippen LogP contribution in [0.25, 0.3) is 0 Å². The Morgan fingerprint density at radius 1 is 1.47 bits per heavy atom. The Hall–Kier alpha value is -1.09. The average Bonchev–Trinajstić information content (AvgIpc) is 3.04. The fourth-order valence-corrected chi connectivity index (χ4v) is 2.00.